The second kappa shape index (κ2) is 7.63. The van der Waals surface area contributed by atoms with E-state index in [1.165, 1.54) is 55.3 Å². The third-order valence-electron chi connectivity index (χ3n) is 6.06. The van der Waals surface area contributed by atoms with Crippen LogP contribution in [0, 0.1) is 5.92 Å². The molecule has 0 radical (unpaired) electrons. The highest BCUT2D eigenvalue weighted by Crippen LogP contribution is 2.41. The highest BCUT2D eigenvalue weighted by molar-refractivity contribution is 5.72. The summed E-state index contributed by atoms with van der Waals surface area (Å²) in [5.74, 6) is 2.49. The SMILES string of the molecule is C[C@H]1CC(C2CCCCC2)Oc2ccc(CNC3=CC=NCC3)cc21. The number of benzene rings is 1. The number of fused-ring (bicyclic) bond motifs is 1. The van der Waals surface area contributed by atoms with Gasteiger partial charge in [0, 0.05) is 31.4 Å². The van der Waals surface area contributed by atoms with Gasteiger partial charge in [0.1, 0.15) is 11.9 Å². The van der Waals surface area contributed by atoms with Gasteiger partial charge in [0.2, 0.25) is 0 Å². The van der Waals surface area contributed by atoms with E-state index in [1.807, 2.05) is 6.21 Å². The van der Waals surface area contributed by atoms with E-state index >= 15 is 0 Å². The quantitative estimate of drug-likeness (QED) is 0.841. The molecule has 0 bridgehead atoms. The molecular weight excluding hydrogens is 308 g/mol. The summed E-state index contributed by atoms with van der Waals surface area (Å²) >= 11 is 0. The summed E-state index contributed by atoms with van der Waals surface area (Å²) in [6, 6.07) is 6.77. The summed E-state index contributed by atoms with van der Waals surface area (Å²) < 4.78 is 6.44. The van der Waals surface area contributed by atoms with Gasteiger partial charge in [0.05, 0.1) is 0 Å². The van der Waals surface area contributed by atoms with Crippen molar-refractivity contribution < 1.29 is 4.74 Å². The molecule has 1 fully saturated rings. The van der Waals surface area contributed by atoms with Crippen molar-refractivity contribution in [2.24, 2.45) is 10.9 Å². The molecule has 0 amide bonds. The topological polar surface area (TPSA) is 33.6 Å². The Morgan fingerprint density at radius 2 is 2.08 bits per heavy atom. The second-order valence-electron chi connectivity index (χ2n) is 7.91. The van der Waals surface area contributed by atoms with E-state index in [-0.39, 0.29) is 0 Å². The van der Waals surface area contributed by atoms with Crippen molar-refractivity contribution in [2.75, 3.05) is 6.54 Å². The van der Waals surface area contributed by atoms with Gasteiger partial charge >= 0.3 is 0 Å². The lowest BCUT2D eigenvalue weighted by atomic mass is 9.79. The summed E-state index contributed by atoms with van der Waals surface area (Å²) in [6.45, 7) is 4.15. The normalized spacial score (nSPS) is 26.5. The standard InChI is InChI=1S/C22H30N2O/c1-16-13-22(18-5-3-2-4-6-18)25-21-8-7-17(14-20(16)21)15-24-19-9-11-23-12-10-19/h7-9,11,14,16,18,22,24H,2-6,10,12-13,15H2,1H3/t16-,22?/m0/s1. The van der Waals surface area contributed by atoms with Crippen molar-refractivity contribution in [2.45, 2.75) is 70.4 Å². The van der Waals surface area contributed by atoms with Crippen LogP contribution >= 0.6 is 0 Å². The Morgan fingerprint density at radius 1 is 1.20 bits per heavy atom. The lowest BCUT2D eigenvalue weighted by Crippen LogP contribution is -2.33. The number of ether oxygens (including phenoxy) is 1. The number of hydrogen-bond donors (Lipinski definition) is 1. The van der Waals surface area contributed by atoms with E-state index in [9.17, 15) is 0 Å². The van der Waals surface area contributed by atoms with E-state index in [4.69, 9.17) is 4.74 Å². The largest absolute Gasteiger partial charge is 0.490 e. The molecule has 2 heterocycles. The van der Waals surface area contributed by atoms with Gasteiger partial charge in [-0.2, -0.15) is 0 Å². The van der Waals surface area contributed by atoms with Crippen LogP contribution in [0.25, 0.3) is 0 Å². The van der Waals surface area contributed by atoms with Crippen molar-refractivity contribution in [3.05, 3.63) is 41.1 Å². The van der Waals surface area contributed by atoms with Crippen molar-refractivity contribution >= 4 is 6.21 Å². The third kappa shape index (κ3) is 3.91. The third-order valence-corrected chi connectivity index (χ3v) is 6.06. The number of hydrogen-bond acceptors (Lipinski definition) is 3. The Morgan fingerprint density at radius 3 is 2.88 bits per heavy atom. The van der Waals surface area contributed by atoms with Crippen LogP contribution in [0.4, 0.5) is 0 Å². The van der Waals surface area contributed by atoms with Crippen molar-refractivity contribution in [3.8, 4) is 5.75 Å². The van der Waals surface area contributed by atoms with Gasteiger partial charge in [-0.15, -0.1) is 0 Å². The van der Waals surface area contributed by atoms with E-state index in [2.05, 4.69) is 41.5 Å². The zero-order chi connectivity index (χ0) is 17.1. The first kappa shape index (κ1) is 16.7. The molecule has 1 N–H and O–H groups in total. The maximum Gasteiger partial charge on any atom is 0.123 e. The first-order valence-electron chi connectivity index (χ1n) is 10.0. The molecule has 0 saturated heterocycles. The van der Waals surface area contributed by atoms with Crippen LogP contribution in [-0.4, -0.2) is 18.9 Å². The molecule has 1 aromatic rings. The minimum absolute atomic E-state index is 0.429. The molecule has 2 aliphatic heterocycles. The van der Waals surface area contributed by atoms with Gasteiger partial charge in [0.15, 0.2) is 0 Å². The second-order valence-corrected chi connectivity index (χ2v) is 7.91. The molecular formula is C22H30N2O. The molecule has 0 spiro atoms. The predicted molar refractivity (Wildman–Crippen MR) is 103 cm³/mol. The number of nitrogens with one attached hydrogen (secondary N) is 1. The van der Waals surface area contributed by atoms with Gasteiger partial charge in [-0.3, -0.25) is 4.99 Å². The average Bonchev–Trinajstić information content (AvgIpc) is 2.68. The summed E-state index contributed by atoms with van der Waals surface area (Å²) in [4.78, 5) is 4.24. The Labute approximate surface area is 151 Å². The first-order valence-corrected chi connectivity index (χ1v) is 10.0. The highest BCUT2D eigenvalue weighted by Gasteiger charge is 2.32. The minimum atomic E-state index is 0.429. The Kier molecular flexibility index (Phi) is 5.09. The van der Waals surface area contributed by atoms with Crippen LogP contribution < -0.4 is 10.1 Å². The van der Waals surface area contributed by atoms with Gasteiger partial charge in [-0.05, 0) is 54.4 Å². The molecule has 25 heavy (non-hydrogen) atoms. The van der Waals surface area contributed by atoms with E-state index in [0.717, 1.165) is 31.2 Å². The molecule has 1 saturated carbocycles. The van der Waals surface area contributed by atoms with Crippen molar-refractivity contribution in [1.82, 2.24) is 5.32 Å². The van der Waals surface area contributed by atoms with Gasteiger partial charge < -0.3 is 10.1 Å². The van der Waals surface area contributed by atoms with E-state index in [0.29, 0.717) is 12.0 Å². The minimum Gasteiger partial charge on any atom is -0.490 e. The zero-order valence-corrected chi connectivity index (χ0v) is 15.3. The summed E-state index contributed by atoms with van der Waals surface area (Å²) in [7, 11) is 0. The number of nitrogens with zero attached hydrogens (tertiary/aromatic N) is 1. The molecule has 2 atom stereocenters. The molecule has 0 aromatic heterocycles. The number of dihydropyridines is 1. The van der Waals surface area contributed by atoms with Gasteiger partial charge in [0.25, 0.3) is 0 Å². The van der Waals surface area contributed by atoms with Crippen LogP contribution in [0.15, 0.2) is 35.0 Å². The van der Waals surface area contributed by atoms with Crippen molar-refractivity contribution in [1.29, 1.82) is 0 Å². The fourth-order valence-corrected chi connectivity index (χ4v) is 4.53. The average molecular weight is 338 g/mol. The van der Waals surface area contributed by atoms with Crippen LogP contribution in [0.1, 0.15) is 68.9 Å². The van der Waals surface area contributed by atoms with Gasteiger partial charge in [-0.25, -0.2) is 0 Å². The van der Waals surface area contributed by atoms with Crippen LogP contribution in [-0.2, 0) is 6.54 Å². The zero-order valence-electron chi connectivity index (χ0n) is 15.3. The molecule has 3 heteroatoms. The lowest BCUT2D eigenvalue weighted by molar-refractivity contribution is 0.0798. The monoisotopic (exact) mass is 338 g/mol. The van der Waals surface area contributed by atoms with Crippen molar-refractivity contribution in [3.63, 3.8) is 0 Å². The molecule has 3 aliphatic rings. The molecule has 134 valence electrons. The summed E-state index contributed by atoms with van der Waals surface area (Å²) in [5, 5.41) is 3.55. The summed E-state index contributed by atoms with van der Waals surface area (Å²) in [5.41, 5.74) is 4.02. The molecule has 1 aromatic carbocycles. The predicted octanol–water partition coefficient (Wildman–Crippen LogP) is 4.97. The maximum absolute atomic E-state index is 6.44. The highest BCUT2D eigenvalue weighted by atomic mass is 16.5. The molecule has 4 rings (SSSR count). The number of aliphatic imine (C=N–C) groups is 1. The maximum atomic E-state index is 6.44. The Hall–Kier alpha value is -1.77. The summed E-state index contributed by atoms with van der Waals surface area (Å²) in [6.07, 6.45) is 13.5. The number of allylic oxidation sites excluding steroid dienone is 1. The number of rotatable bonds is 4. The molecule has 1 unspecified atom stereocenters. The van der Waals surface area contributed by atoms with Crippen LogP contribution in [0.2, 0.25) is 0 Å². The lowest BCUT2D eigenvalue weighted by Gasteiger charge is -2.37. The van der Waals surface area contributed by atoms with E-state index < -0.39 is 0 Å². The first-order chi connectivity index (χ1) is 12.3. The van der Waals surface area contributed by atoms with E-state index in [1.54, 1.807) is 0 Å². The smallest absolute Gasteiger partial charge is 0.123 e. The fraction of sp³-hybridized carbons (Fsp3) is 0.591. The van der Waals surface area contributed by atoms with Gasteiger partial charge in [-0.1, -0.05) is 38.3 Å². The Bertz CT molecular complexity index is 658. The van der Waals surface area contributed by atoms with Crippen LogP contribution in [0.3, 0.4) is 0 Å². The molecule has 3 nitrogen and oxygen atoms in total. The Balaban J connectivity index is 1.42. The molecule has 1 aliphatic carbocycles. The van der Waals surface area contributed by atoms with Crippen LogP contribution in [0.5, 0.6) is 5.75 Å². The fourth-order valence-electron chi connectivity index (χ4n) is 4.53.